The standard InChI is InChI=1S/C24H17FN6O3S/c25-17-12-10-16(11-13-17)22-27-28-24(31(22)18-6-2-1-3-7-18)35-14-21(32)34-15-30-23(33)19-8-4-5-9-20(19)26-29-30/h1-13H,14-15H2. The van der Waals surface area contributed by atoms with Gasteiger partial charge in [0.05, 0.1) is 11.1 Å². The summed E-state index contributed by atoms with van der Waals surface area (Å²) in [6, 6.07) is 22.1. The van der Waals surface area contributed by atoms with E-state index in [2.05, 4.69) is 20.5 Å². The molecule has 0 spiro atoms. The Balaban J connectivity index is 1.32. The van der Waals surface area contributed by atoms with Crippen LogP contribution in [0.1, 0.15) is 0 Å². The minimum atomic E-state index is -0.567. The van der Waals surface area contributed by atoms with E-state index in [1.54, 1.807) is 41.0 Å². The average molecular weight is 489 g/mol. The smallest absolute Gasteiger partial charge is 0.318 e. The fourth-order valence-electron chi connectivity index (χ4n) is 3.37. The van der Waals surface area contributed by atoms with E-state index in [-0.39, 0.29) is 18.3 Å². The Morgan fingerprint density at radius 1 is 0.914 bits per heavy atom. The van der Waals surface area contributed by atoms with Crippen LogP contribution in [0.15, 0.2) is 88.8 Å². The number of carbonyl (C=O) groups excluding carboxylic acids is 1. The number of halogens is 1. The summed E-state index contributed by atoms with van der Waals surface area (Å²) in [5.41, 5.74) is 1.52. The molecule has 5 aromatic rings. The number of hydrogen-bond acceptors (Lipinski definition) is 8. The number of esters is 1. The molecule has 2 aromatic heterocycles. The van der Waals surface area contributed by atoms with Crippen LogP contribution in [0.25, 0.3) is 28.0 Å². The Bertz CT molecular complexity index is 1550. The van der Waals surface area contributed by atoms with Gasteiger partial charge in [0, 0.05) is 11.3 Å². The van der Waals surface area contributed by atoms with Crippen LogP contribution in [0.4, 0.5) is 4.39 Å². The quantitative estimate of drug-likeness (QED) is 0.253. The Morgan fingerprint density at radius 2 is 1.66 bits per heavy atom. The molecular weight excluding hydrogens is 471 g/mol. The molecular formula is C24H17FN6O3S. The van der Waals surface area contributed by atoms with Crippen molar-refractivity contribution in [2.75, 3.05) is 5.75 Å². The van der Waals surface area contributed by atoms with Gasteiger partial charge in [-0.25, -0.2) is 4.39 Å². The summed E-state index contributed by atoms with van der Waals surface area (Å²) >= 11 is 1.13. The largest absolute Gasteiger partial charge is 0.441 e. The van der Waals surface area contributed by atoms with Gasteiger partial charge in [-0.05, 0) is 48.5 Å². The van der Waals surface area contributed by atoms with Gasteiger partial charge in [-0.15, -0.1) is 15.3 Å². The maximum absolute atomic E-state index is 13.4. The average Bonchev–Trinajstić information content (AvgIpc) is 3.32. The van der Waals surface area contributed by atoms with Crippen molar-refractivity contribution in [3.63, 3.8) is 0 Å². The normalized spacial score (nSPS) is 11.0. The van der Waals surface area contributed by atoms with E-state index in [4.69, 9.17) is 4.74 Å². The second-order valence-corrected chi connectivity index (χ2v) is 8.27. The molecule has 0 bridgehead atoms. The Kier molecular flexibility index (Phi) is 6.31. The molecule has 0 amide bonds. The summed E-state index contributed by atoms with van der Waals surface area (Å²) in [6.45, 7) is -0.359. The zero-order valence-electron chi connectivity index (χ0n) is 18.1. The molecule has 0 fully saturated rings. The highest BCUT2D eigenvalue weighted by molar-refractivity contribution is 7.99. The number of para-hydroxylation sites is 1. The SMILES string of the molecule is O=C(CSc1nnc(-c2ccc(F)cc2)n1-c1ccccc1)OCn1nnc2ccccc2c1=O. The lowest BCUT2D eigenvalue weighted by Crippen LogP contribution is -2.27. The van der Waals surface area contributed by atoms with E-state index in [9.17, 15) is 14.0 Å². The number of aromatic nitrogens is 6. The number of rotatable bonds is 7. The van der Waals surface area contributed by atoms with Gasteiger partial charge in [0.25, 0.3) is 5.56 Å². The van der Waals surface area contributed by atoms with E-state index in [0.29, 0.717) is 27.4 Å². The molecule has 0 atom stereocenters. The molecule has 0 aliphatic carbocycles. The van der Waals surface area contributed by atoms with Gasteiger partial charge in [-0.2, -0.15) is 4.68 Å². The van der Waals surface area contributed by atoms with Gasteiger partial charge in [0.15, 0.2) is 17.7 Å². The minimum absolute atomic E-state index is 0.0792. The maximum atomic E-state index is 13.4. The minimum Gasteiger partial charge on any atom is -0.441 e. The first-order valence-corrected chi connectivity index (χ1v) is 11.5. The first-order valence-electron chi connectivity index (χ1n) is 10.5. The molecule has 0 saturated carbocycles. The Labute approximate surface area is 202 Å². The first kappa shape index (κ1) is 22.4. The van der Waals surface area contributed by atoms with Crippen molar-refractivity contribution in [2.45, 2.75) is 11.9 Å². The highest BCUT2D eigenvalue weighted by atomic mass is 32.2. The molecule has 0 N–H and O–H groups in total. The third kappa shape index (κ3) is 4.80. The molecule has 2 heterocycles. The van der Waals surface area contributed by atoms with Crippen LogP contribution in [0.5, 0.6) is 0 Å². The van der Waals surface area contributed by atoms with Gasteiger partial charge in [-0.1, -0.05) is 47.3 Å². The zero-order chi connectivity index (χ0) is 24.2. The summed E-state index contributed by atoms with van der Waals surface area (Å²) < 4.78 is 21.4. The highest BCUT2D eigenvalue weighted by Gasteiger charge is 2.18. The molecule has 11 heteroatoms. The van der Waals surface area contributed by atoms with Crippen molar-refractivity contribution in [3.8, 4) is 17.1 Å². The predicted molar refractivity (Wildman–Crippen MR) is 127 cm³/mol. The fourth-order valence-corrected chi connectivity index (χ4v) is 4.12. The van der Waals surface area contributed by atoms with Crippen LogP contribution in [-0.2, 0) is 16.3 Å². The number of nitrogens with zero attached hydrogens (tertiary/aromatic N) is 6. The van der Waals surface area contributed by atoms with Crippen LogP contribution in [0.2, 0.25) is 0 Å². The number of fused-ring (bicyclic) bond motifs is 1. The monoisotopic (exact) mass is 488 g/mol. The molecule has 0 saturated heterocycles. The Hall–Kier alpha value is -4.38. The van der Waals surface area contributed by atoms with Gasteiger partial charge < -0.3 is 4.74 Å². The maximum Gasteiger partial charge on any atom is 0.318 e. The number of thioether (sulfide) groups is 1. The van der Waals surface area contributed by atoms with Crippen LogP contribution >= 0.6 is 11.8 Å². The summed E-state index contributed by atoms with van der Waals surface area (Å²) in [5.74, 6) is -0.496. The molecule has 0 radical (unpaired) electrons. The van der Waals surface area contributed by atoms with Crippen molar-refractivity contribution >= 4 is 28.6 Å². The molecule has 3 aromatic carbocycles. The summed E-state index contributed by atoms with van der Waals surface area (Å²) in [4.78, 5) is 24.9. The van der Waals surface area contributed by atoms with E-state index in [1.807, 2.05) is 30.3 Å². The van der Waals surface area contributed by atoms with E-state index in [1.165, 1.54) is 12.1 Å². The van der Waals surface area contributed by atoms with Crippen molar-refractivity contribution in [2.24, 2.45) is 0 Å². The lowest BCUT2D eigenvalue weighted by Gasteiger charge is -2.10. The zero-order valence-corrected chi connectivity index (χ0v) is 18.9. The summed E-state index contributed by atoms with van der Waals surface area (Å²) in [5, 5.41) is 17.1. The van der Waals surface area contributed by atoms with Gasteiger partial charge in [0.2, 0.25) is 0 Å². The van der Waals surface area contributed by atoms with Crippen molar-refractivity contribution in [1.82, 2.24) is 29.8 Å². The summed E-state index contributed by atoms with van der Waals surface area (Å²) in [7, 11) is 0. The Morgan fingerprint density at radius 3 is 2.46 bits per heavy atom. The van der Waals surface area contributed by atoms with Crippen LogP contribution in [-0.4, -0.2) is 41.5 Å². The number of benzene rings is 3. The van der Waals surface area contributed by atoms with Gasteiger partial charge in [0.1, 0.15) is 11.3 Å². The second kappa shape index (κ2) is 9.85. The molecule has 174 valence electrons. The van der Waals surface area contributed by atoms with Crippen molar-refractivity contribution in [3.05, 3.63) is 95.0 Å². The summed E-state index contributed by atoms with van der Waals surface area (Å²) in [6.07, 6.45) is 0. The third-order valence-electron chi connectivity index (χ3n) is 5.05. The lowest BCUT2D eigenvalue weighted by molar-refractivity contribution is -0.144. The molecule has 35 heavy (non-hydrogen) atoms. The molecule has 9 nitrogen and oxygen atoms in total. The molecule has 0 unspecified atom stereocenters. The van der Waals surface area contributed by atoms with Crippen LogP contribution in [0, 0.1) is 5.82 Å². The molecule has 0 aliphatic heterocycles. The first-order chi connectivity index (χ1) is 17.1. The number of ether oxygens (including phenoxy) is 1. The topological polar surface area (TPSA) is 105 Å². The number of hydrogen-bond donors (Lipinski definition) is 0. The molecule has 0 aliphatic rings. The van der Waals surface area contributed by atoms with E-state index in [0.717, 1.165) is 22.1 Å². The van der Waals surface area contributed by atoms with E-state index >= 15 is 0 Å². The van der Waals surface area contributed by atoms with Crippen molar-refractivity contribution in [1.29, 1.82) is 0 Å². The predicted octanol–water partition coefficient (Wildman–Crippen LogP) is 3.47. The van der Waals surface area contributed by atoms with E-state index < -0.39 is 11.5 Å². The second-order valence-electron chi connectivity index (χ2n) is 7.33. The number of carbonyl (C=O) groups is 1. The van der Waals surface area contributed by atoms with Crippen LogP contribution in [0.3, 0.4) is 0 Å². The highest BCUT2D eigenvalue weighted by Crippen LogP contribution is 2.28. The lowest BCUT2D eigenvalue weighted by atomic mass is 10.2. The fraction of sp³-hybridized carbons (Fsp3) is 0.0833. The van der Waals surface area contributed by atoms with Crippen LogP contribution < -0.4 is 5.56 Å². The van der Waals surface area contributed by atoms with Gasteiger partial charge >= 0.3 is 5.97 Å². The van der Waals surface area contributed by atoms with Crippen molar-refractivity contribution < 1.29 is 13.9 Å². The van der Waals surface area contributed by atoms with Gasteiger partial charge in [-0.3, -0.25) is 14.2 Å². The third-order valence-corrected chi connectivity index (χ3v) is 5.95. The molecule has 5 rings (SSSR count).